The van der Waals surface area contributed by atoms with Gasteiger partial charge in [-0.15, -0.1) is 0 Å². The molecule has 6 nitrogen and oxygen atoms in total. The minimum absolute atomic E-state index is 0.0464. The molecule has 0 spiro atoms. The molecular formula is C24H22N2O4. The van der Waals surface area contributed by atoms with Crippen LogP contribution in [0.3, 0.4) is 0 Å². The largest absolute Gasteiger partial charge is 0.493 e. The van der Waals surface area contributed by atoms with Crippen molar-refractivity contribution >= 4 is 29.3 Å². The average Bonchev–Trinajstić information content (AvgIpc) is 2.78. The zero-order valence-electron chi connectivity index (χ0n) is 16.7. The van der Waals surface area contributed by atoms with Crippen molar-refractivity contribution in [3.05, 3.63) is 90.0 Å². The molecule has 3 aromatic carbocycles. The van der Waals surface area contributed by atoms with Crippen molar-refractivity contribution < 1.29 is 19.1 Å². The standard InChI is InChI=1S/C24H22N2O4/c1-29-21-14-13-17(16-22(21)30-2)15-20(23(27)25-18-9-5-3-6-10-18)24(28)26-19-11-7-4-8-12-19/h3-16H,1-2H3,(H,25,27)(H,26,28). The van der Waals surface area contributed by atoms with Crippen LogP contribution in [0.5, 0.6) is 11.5 Å². The Kier molecular flexibility index (Phi) is 6.84. The number of carbonyl (C=O) groups is 2. The van der Waals surface area contributed by atoms with E-state index < -0.39 is 11.8 Å². The predicted molar refractivity (Wildman–Crippen MR) is 118 cm³/mol. The summed E-state index contributed by atoms with van der Waals surface area (Å²) < 4.78 is 10.6. The normalized spacial score (nSPS) is 9.93. The van der Waals surface area contributed by atoms with Crippen LogP contribution in [0.1, 0.15) is 5.56 Å². The molecule has 0 aliphatic heterocycles. The van der Waals surface area contributed by atoms with E-state index in [1.165, 1.54) is 13.2 Å². The maximum absolute atomic E-state index is 12.9. The number of anilines is 2. The van der Waals surface area contributed by atoms with E-state index in [0.717, 1.165) is 0 Å². The number of carbonyl (C=O) groups excluding carboxylic acids is 2. The lowest BCUT2D eigenvalue weighted by molar-refractivity contribution is -0.118. The van der Waals surface area contributed by atoms with Crippen molar-refractivity contribution in [3.63, 3.8) is 0 Å². The van der Waals surface area contributed by atoms with Crippen molar-refractivity contribution in [2.24, 2.45) is 0 Å². The number of hydrogen-bond acceptors (Lipinski definition) is 4. The fourth-order valence-corrected chi connectivity index (χ4v) is 2.78. The van der Waals surface area contributed by atoms with E-state index in [1.807, 2.05) is 12.1 Å². The second kappa shape index (κ2) is 9.93. The third-order valence-electron chi connectivity index (χ3n) is 4.27. The number of rotatable bonds is 7. The quantitative estimate of drug-likeness (QED) is 0.350. The van der Waals surface area contributed by atoms with Crippen LogP contribution in [-0.4, -0.2) is 26.0 Å². The first-order valence-electron chi connectivity index (χ1n) is 9.27. The van der Waals surface area contributed by atoms with Gasteiger partial charge in [-0.05, 0) is 48.0 Å². The van der Waals surface area contributed by atoms with Crippen molar-refractivity contribution in [2.45, 2.75) is 0 Å². The van der Waals surface area contributed by atoms with Crippen LogP contribution in [0.25, 0.3) is 6.08 Å². The SMILES string of the molecule is COc1ccc(C=C(C(=O)Nc2ccccc2)C(=O)Nc2ccccc2)cc1OC. The van der Waals surface area contributed by atoms with Crippen molar-refractivity contribution in [1.29, 1.82) is 0 Å². The number of para-hydroxylation sites is 2. The molecule has 152 valence electrons. The highest BCUT2D eigenvalue weighted by Gasteiger charge is 2.19. The molecule has 6 heteroatoms. The van der Waals surface area contributed by atoms with Crippen molar-refractivity contribution in [2.75, 3.05) is 24.9 Å². The summed E-state index contributed by atoms with van der Waals surface area (Å²) in [7, 11) is 3.07. The smallest absolute Gasteiger partial charge is 0.261 e. The van der Waals surface area contributed by atoms with Gasteiger partial charge >= 0.3 is 0 Å². The Morgan fingerprint density at radius 2 is 1.20 bits per heavy atom. The molecule has 0 radical (unpaired) electrons. The van der Waals surface area contributed by atoms with Gasteiger partial charge in [-0.3, -0.25) is 9.59 Å². The highest BCUT2D eigenvalue weighted by Crippen LogP contribution is 2.28. The van der Waals surface area contributed by atoms with E-state index in [1.54, 1.807) is 73.8 Å². The molecular weight excluding hydrogens is 380 g/mol. The number of methoxy groups -OCH3 is 2. The molecule has 0 unspecified atom stereocenters. The summed E-state index contributed by atoms with van der Waals surface area (Å²) in [5.74, 6) is 0.00467. The van der Waals surface area contributed by atoms with Gasteiger partial charge < -0.3 is 20.1 Å². The molecule has 3 aromatic rings. The third-order valence-corrected chi connectivity index (χ3v) is 4.27. The predicted octanol–water partition coefficient (Wildman–Crippen LogP) is 4.36. The zero-order valence-corrected chi connectivity index (χ0v) is 16.7. The molecule has 30 heavy (non-hydrogen) atoms. The van der Waals surface area contributed by atoms with Crippen LogP contribution in [0.2, 0.25) is 0 Å². The zero-order chi connectivity index (χ0) is 21.3. The molecule has 0 fully saturated rings. The Bertz CT molecular complexity index is 992. The van der Waals surface area contributed by atoms with E-state index in [4.69, 9.17) is 9.47 Å². The second-order valence-corrected chi connectivity index (χ2v) is 6.31. The van der Waals surface area contributed by atoms with Crippen molar-refractivity contribution in [3.8, 4) is 11.5 Å². The monoisotopic (exact) mass is 402 g/mol. The van der Waals surface area contributed by atoms with Gasteiger partial charge in [0.05, 0.1) is 14.2 Å². The summed E-state index contributed by atoms with van der Waals surface area (Å²) in [5.41, 5.74) is 1.76. The number of amides is 2. The minimum Gasteiger partial charge on any atom is -0.493 e. The summed E-state index contributed by atoms with van der Waals surface area (Å²) in [4.78, 5) is 25.9. The van der Waals surface area contributed by atoms with Gasteiger partial charge in [0.1, 0.15) is 5.57 Å². The summed E-state index contributed by atoms with van der Waals surface area (Å²) >= 11 is 0. The molecule has 0 heterocycles. The Labute approximate surface area is 175 Å². The van der Waals surface area contributed by atoms with E-state index in [-0.39, 0.29) is 5.57 Å². The molecule has 0 atom stereocenters. The highest BCUT2D eigenvalue weighted by molar-refractivity contribution is 6.28. The van der Waals surface area contributed by atoms with E-state index >= 15 is 0 Å². The van der Waals surface area contributed by atoms with Crippen LogP contribution in [0, 0.1) is 0 Å². The van der Waals surface area contributed by atoms with Crippen LogP contribution >= 0.6 is 0 Å². The maximum Gasteiger partial charge on any atom is 0.261 e. The van der Waals surface area contributed by atoms with Crippen LogP contribution in [-0.2, 0) is 9.59 Å². The van der Waals surface area contributed by atoms with Crippen LogP contribution in [0.15, 0.2) is 84.4 Å². The molecule has 0 aliphatic rings. The number of ether oxygens (including phenoxy) is 2. The minimum atomic E-state index is -0.524. The number of nitrogens with one attached hydrogen (secondary N) is 2. The lowest BCUT2D eigenvalue weighted by Gasteiger charge is -2.11. The highest BCUT2D eigenvalue weighted by atomic mass is 16.5. The molecule has 0 aliphatic carbocycles. The van der Waals surface area contributed by atoms with Gasteiger partial charge in [0, 0.05) is 11.4 Å². The molecule has 0 saturated carbocycles. The fraction of sp³-hybridized carbons (Fsp3) is 0.0833. The fourth-order valence-electron chi connectivity index (χ4n) is 2.78. The maximum atomic E-state index is 12.9. The average molecular weight is 402 g/mol. The summed E-state index contributed by atoms with van der Waals surface area (Å²) in [6, 6.07) is 23.1. The van der Waals surface area contributed by atoms with Crippen LogP contribution in [0.4, 0.5) is 11.4 Å². The molecule has 3 rings (SSSR count). The first kappa shape index (κ1) is 20.7. The summed E-state index contributed by atoms with van der Waals surface area (Å²) in [6.07, 6.45) is 1.51. The Morgan fingerprint density at radius 3 is 1.67 bits per heavy atom. The molecule has 2 amide bonds. The van der Waals surface area contributed by atoms with Crippen molar-refractivity contribution in [1.82, 2.24) is 0 Å². The molecule has 0 saturated heterocycles. The topological polar surface area (TPSA) is 76.7 Å². The molecule has 0 bridgehead atoms. The van der Waals surface area contributed by atoms with Gasteiger partial charge in [0.25, 0.3) is 11.8 Å². The Morgan fingerprint density at radius 1 is 0.700 bits per heavy atom. The third kappa shape index (κ3) is 5.26. The number of hydrogen-bond donors (Lipinski definition) is 2. The first-order chi connectivity index (χ1) is 14.6. The van der Waals surface area contributed by atoms with Gasteiger partial charge in [0.15, 0.2) is 11.5 Å². The number of benzene rings is 3. The summed E-state index contributed by atoms with van der Waals surface area (Å²) in [5, 5.41) is 5.51. The Balaban J connectivity index is 1.94. The van der Waals surface area contributed by atoms with E-state index in [2.05, 4.69) is 10.6 Å². The molecule has 0 aromatic heterocycles. The van der Waals surface area contributed by atoms with Crippen LogP contribution < -0.4 is 20.1 Å². The van der Waals surface area contributed by atoms with Gasteiger partial charge in [-0.25, -0.2) is 0 Å². The first-order valence-corrected chi connectivity index (χ1v) is 9.27. The second-order valence-electron chi connectivity index (χ2n) is 6.31. The van der Waals surface area contributed by atoms with Gasteiger partial charge in [-0.1, -0.05) is 42.5 Å². The van der Waals surface area contributed by atoms with E-state index in [9.17, 15) is 9.59 Å². The molecule has 2 N–H and O–H groups in total. The lowest BCUT2D eigenvalue weighted by atomic mass is 10.1. The Hall–Kier alpha value is -4.06. The van der Waals surface area contributed by atoms with Gasteiger partial charge in [0.2, 0.25) is 0 Å². The van der Waals surface area contributed by atoms with E-state index in [0.29, 0.717) is 28.4 Å². The lowest BCUT2D eigenvalue weighted by Crippen LogP contribution is -2.25. The summed E-state index contributed by atoms with van der Waals surface area (Å²) in [6.45, 7) is 0. The van der Waals surface area contributed by atoms with Gasteiger partial charge in [-0.2, -0.15) is 0 Å².